The topological polar surface area (TPSA) is 15.3 Å². The summed E-state index contributed by atoms with van der Waals surface area (Å²) < 4.78 is 13.9. The number of rotatable bonds is 7. The summed E-state index contributed by atoms with van der Waals surface area (Å²) in [6.45, 7) is 7.22. The first kappa shape index (κ1) is 15.3. The van der Waals surface area contributed by atoms with Gasteiger partial charge >= 0.3 is 0 Å². The largest absolute Gasteiger partial charge is 0.369 e. The molecule has 1 aromatic carbocycles. The van der Waals surface area contributed by atoms with Gasteiger partial charge in [0.1, 0.15) is 5.82 Å². The van der Waals surface area contributed by atoms with Crippen molar-refractivity contribution in [2.45, 2.75) is 45.6 Å². The fourth-order valence-electron chi connectivity index (χ4n) is 3.24. The number of para-hydroxylation sites is 1. The Morgan fingerprint density at radius 3 is 2.75 bits per heavy atom. The maximum atomic E-state index is 13.9. The summed E-state index contributed by atoms with van der Waals surface area (Å²) in [5.74, 6) is 0.534. The molecule has 0 bridgehead atoms. The summed E-state index contributed by atoms with van der Waals surface area (Å²) in [5.41, 5.74) is 0.746. The van der Waals surface area contributed by atoms with Crippen LogP contribution in [0.1, 0.15) is 39.5 Å². The van der Waals surface area contributed by atoms with E-state index < -0.39 is 0 Å². The SMILES string of the molecule is CCCNC1CCCC1CN(CC)c1ccccc1F. The Balaban J connectivity index is 2.01. The van der Waals surface area contributed by atoms with Gasteiger partial charge in [0, 0.05) is 19.1 Å². The molecule has 0 amide bonds. The van der Waals surface area contributed by atoms with Crippen molar-refractivity contribution in [3.63, 3.8) is 0 Å². The summed E-state index contributed by atoms with van der Waals surface area (Å²) in [5, 5.41) is 3.66. The summed E-state index contributed by atoms with van der Waals surface area (Å²) in [7, 11) is 0. The molecule has 1 fully saturated rings. The molecule has 1 saturated carbocycles. The van der Waals surface area contributed by atoms with Gasteiger partial charge in [-0.3, -0.25) is 0 Å². The van der Waals surface area contributed by atoms with Crippen molar-refractivity contribution in [2.24, 2.45) is 5.92 Å². The van der Waals surface area contributed by atoms with Crippen LogP contribution in [0.5, 0.6) is 0 Å². The first-order valence-corrected chi connectivity index (χ1v) is 7.99. The van der Waals surface area contributed by atoms with E-state index in [1.807, 2.05) is 12.1 Å². The lowest BCUT2D eigenvalue weighted by Gasteiger charge is -2.30. The zero-order chi connectivity index (χ0) is 14.4. The lowest BCUT2D eigenvalue weighted by Crippen LogP contribution is -2.40. The molecule has 112 valence electrons. The van der Waals surface area contributed by atoms with Gasteiger partial charge in [0.05, 0.1) is 5.69 Å². The zero-order valence-electron chi connectivity index (χ0n) is 12.7. The highest BCUT2D eigenvalue weighted by molar-refractivity contribution is 5.47. The average Bonchev–Trinajstić information content (AvgIpc) is 2.90. The molecule has 0 spiro atoms. The highest BCUT2D eigenvalue weighted by Crippen LogP contribution is 2.29. The van der Waals surface area contributed by atoms with Gasteiger partial charge in [-0.2, -0.15) is 0 Å². The normalized spacial score (nSPS) is 22.1. The second kappa shape index (κ2) is 7.63. The van der Waals surface area contributed by atoms with Crippen LogP contribution in [0.3, 0.4) is 0 Å². The van der Waals surface area contributed by atoms with E-state index in [1.165, 1.54) is 25.7 Å². The number of halogens is 1. The molecular weight excluding hydrogens is 251 g/mol. The van der Waals surface area contributed by atoms with Crippen LogP contribution in [0, 0.1) is 11.7 Å². The van der Waals surface area contributed by atoms with Crippen LogP contribution >= 0.6 is 0 Å². The Kier molecular flexibility index (Phi) is 5.84. The van der Waals surface area contributed by atoms with Crippen molar-refractivity contribution in [3.8, 4) is 0 Å². The van der Waals surface area contributed by atoms with E-state index in [1.54, 1.807) is 12.1 Å². The first-order chi connectivity index (χ1) is 9.76. The van der Waals surface area contributed by atoms with Gasteiger partial charge in [-0.1, -0.05) is 25.5 Å². The van der Waals surface area contributed by atoms with Crippen LogP contribution in [-0.4, -0.2) is 25.7 Å². The van der Waals surface area contributed by atoms with Gasteiger partial charge in [0.25, 0.3) is 0 Å². The van der Waals surface area contributed by atoms with Crippen molar-refractivity contribution in [3.05, 3.63) is 30.1 Å². The summed E-state index contributed by atoms with van der Waals surface area (Å²) in [6.07, 6.45) is 4.99. The van der Waals surface area contributed by atoms with Crippen LogP contribution in [0.2, 0.25) is 0 Å². The van der Waals surface area contributed by atoms with Crippen LogP contribution in [0.15, 0.2) is 24.3 Å². The van der Waals surface area contributed by atoms with E-state index in [9.17, 15) is 4.39 Å². The van der Waals surface area contributed by atoms with Crippen molar-refractivity contribution in [2.75, 3.05) is 24.5 Å². The third kappa shape index (κ3) is 3.72. The van der Waals surface area contributed by atoms with Gasteiger partial charge in [0.2, 0.25) is 0 Å². The Morgan fingerprint density at radius 2 is 2.05 bits per heavy atom. The molecule has 20 heavy (non-hydrogen) atoms. The van der Waals surface area contributed by atoms with Gasteiger partial charge in [-0.15, -0.1) is 0 Å². The molecule has 0 aromatic heterocycles. The molecule has 0 heterocycles. The van der Waals surface area contributed by atoms with Crippen molar-refractivity contribution < 1.29 is 4.39 Å². The number of benzene rings is 1. The third-order valence-corrected chi connectivity index (χ3v) is 4.35. The van der Waals surface area contributed by atoms with Crippen LogP contribution < -0.4 is 10.2 Å². The number of nitrogens with zero attached hydrogens (tertiary/aromatic N) is 1. The standard InChI is InChI=1S/C17H27FN2/c1-3-12-19-16-10-7-8-14(16)13-20(4-2)17-11-6-5-9-15(17)18/h5-6,9,11,14,16,19H,3-4,7-8,10,12-13H2,1-2H3. The molecule has 0 radical (unpaired) electrons. The maximum Gasteiger partial charge on any atom is 0.146 e. The average molecular weight is 278 g/mol. The molecule has 2 nitrogen and oxygen atoms in total. The van der Waals surface area contributed by atoms with Gasteiger partial charge in [-0.05, 0) is 50.8 Å². The first-order valence-electron chi connectivity index (χ1n) is 7.99. The second-order valence-corrected chi connectivity index (χ2v) is 5.74. The van der Waals surface area contributed by atoms with Crippen LogP contribution in [-0.2, 0) is 0 Å². The number of anilines is 1. The Hall–Kier alpha value is -1.09. The molecule has 3 heteroatoms. The molecule has 1 aliphatic carbocycles. The molecule has 1 aromatic rings. The van der Waals surface area contributed by atoms with Crippen molar-refractivity contribution >= 4 is 5.69 Å². The lowest BCUT2D eigenvalue weighted by atomic mass is 10.0. The minimum atomic E-state index is -0.106. The van der Waals surface area contributed by atoms with Gasteiger partial charge < -0.3 is 10.2 Å². The van der Waals surface area contributed by atoms with Gasteiger partial charge in [0.15, 0.2) is 0 Å². The predicted molar refractivity (Wildman–Crippen MR) is 83.7 cm³/mol. The van der Waals surface area contributed by atoms with Gasteiger partial charge in [-0.25, -0.2) is 4.39 Å². The van der Waals surface area contributed by atoms with E-state index in [0.717, 1.165) is 25.3 Å². The summed E-state index contributed by atoms with van der Waals surface area (Å²) in [6, 6.07) is 7.73. The second-order valence-electron chi connectivity index (χ2n) is 5.74. The molecule has 0 aliphatic heterocycles. The maximum absolute atomic E-state index is 13.9. The molecule has 1 N–H and O–H groups in total. The van der Waals surface area contributed by atoms with E-state index in [4.69, 9.17) is 0 Å². The monoisotopic (exact) mass is 278 g/mol. The predicted octanol–water partition coefficient (Wildman–Crippen LogP) is 3.82. The molecule has 1 aliphatic rings. The number of hydrogen-bond donors (Lipinski definition) is 1. The van der Waals surface area contributed by atoms with Crippen LogP contribution in [0.4, 0.5) is 10.1 Å². The summed E-state index contributed by atoms with van der Waals surface area (Å²) in [4.78, 5) is 2.19. The third-order valence-electron chi connectivity index (χ3n) is 4.35. The van der Waals surface area contributed by atoms with Crippen molar-refractivity contribution in [1.82, 2.24) is 5.32 Å². The van der Waals surface area contributed by atoms with Crippen LogP contribution in [0.25, 0.3) is 0 Å². The fraction of sp³-hybridized carbons (Fsp3) is 0.647. The Labute approximate surface area is 122 Å². The number of hydrogen-bond acceptors (Lipinski definition) is 2. The quantitative estimate of drug-likeness (QED) is 0.815. The highest BCUT2D eigenvalue weighted by Gasteiger charge is 2.28. The molecule has 2 unspecified atom stereocenters. The van der Waals surface area contributed by atoms with E-state index in [-0.39, 0.29) is 5.82 Å². The van der Waals surface area contributed by atoms with E-state index >= 15 is 0 Å². The molecule has 0 saturated heterocycles. The lowest BCUT2D eigenvalue weighted by molar-refractivity contribution is 0.399. The van der Waals surface area contributed by atoms with Crippen molar-refractivity contribution in [1.29, 1.82) is 0 Å². The Morgan fingerprint density at radius 1 is 1.25 bits per heavy atom. The minimum absolute atomic E-state index is 0.106. The van der Waals surface area contributed by atoms with E-state index in [0.29, 0.717) is 12.0 Å². The van der Waals surface area contributed by atoms with E-state index in [2.05, 4.69) is 24.1 Å². The zero-order valence-corrected chi connectivity index (χ0v) is 12.7. The number of nitrogens with one attached hydrogen (secondary N) is 1. The molecule has 2 atom stereocenters. The Bertz CT molecular complexity index is 408. The minimum Gasteiger partial charge on any atom is -0.369 e. The summed E-state index contributed by atoms with van der Waals surface area (Å²) >= 11 is 0. The fourth-order valence-corrected chi connectivity index (χ4v) is 3.24. The smallest absolute Gasteiger partial charge is 0.146 e. The molecule has 2 rings (SSSR count). The highest BCUT2D eigenvalue weighted by atomic mass is 19.1. The molecular formula is C17H27FN2.